The predicted octanol–water partition coefficient (Wildman–Crippen LogP) is -0.00570. The van der Waals surface area contributed by atoms with E-state index in [1.165, 1.54) is 0 Å². The first kappa shape index (κ1) is 6.95. The summed E-state index contributed by atoms with van der Waals surface area (Å²) < 4.78 is 0. The summed E-state index contributed by atoms with van der Waals surface area (Å²) in [4.78, 5) is 20.9. The summed E-state index contributed by atoms with van der Waals surface area (Å²) in [5, 5.41) is 2.86. The molecule has 5 heteroatoms. The van der Waals surface area contributed by atoms with Crippen molar-refractivity contribution in [2.75, 3.05) is 0 Å². The van der Waals surface area contributed by atoms with Gasteiger partial charge in [-0.25, -0.2) is 0 Å². The number of thiol groups is 1. The molecule has 1 aliphatic rings. The number of carbonyl (C=O) groups is 2. The van der Waals surface area contributed by atoms with Crippen LogP contribution in [-0.2, 0) is 9.59 Å². The summed E-state index contributed by atoms with van der Waals surface area (Å²) in [6, 6.07) is 0. The van der Waals surface area contributed by atoms with Gasteiger partial charge in [0.05, 0.1) is 6.42 Å². The fourth-order valence-corrected chi connectivity index (χ4v) is 1.42. The first-order valence-corrected chi connectivity index (χ1v) is 4.26. The summed E-state index contributed by atoms with van der Waals surface area (Å²) in [6.07, 6.45) is 0.215. The Balaban J connectivity index is 2.58. The zero-order valence-corrected chi connectivity index (χ0v) is 6.11. The summed E-state index contributed by atoms with van der Waals surface area (Å²) in [7, 11) is 1.07. The Morgan fingerprint density at radius 3 is 2.56 bits per heavy atom. The third kappa shape index (κ3) is 1.40. The molecule has 0 aromatic heterocycles. The number of rotatable bonds is 1. The van der Waals surface area contributed by atoms with Crippen molar-refractivity contribution in [3.05, 3.63) is 0 Å². The highest BCUT2D eigenvalue weighted by molar-refractivity contribution is 8.69. The van der Waals surface area contributed by atoms with Gasteiger partial charge in [-0.15, -0.1) is 11.7 Å². The molecule has 0 aliphatic carbocycles. The molecule has 1 radical (unpaired) electrons. The van der Waals surface area contributed by atoms with Crippen molar-refractivity contribution in [1.29, 1.82) is 0 Å². The summed E-state index contributed by atoms with van der Waals surface area (Å²) >= 11 is 3.80. The van der Waals surface area contributed by atoms with E-state index in [2.05, 4.69) is 17.0 Å². The minimum absolute atomic E-state index is 0.215. The monoisotopic (exact) mass is 162 g/mol. The van der Waals surface area contributed by atoms with Gasteiger partial charge in [0.2, 0.25) is 0 Å². The van der Waals surface area contributed by atoms with Gasteiger partial charge in [0, 0.05) is 0 Å². The van der Waals surface area contributed by atoms with Crippen LogP contribution >= 0.6 is 22.5 Å². The molecule has 1 fully saturated rings. The maximum absolute atomic E-state index is 10.6. The zero-order valence-electron chi connectivity index (χ0n) is 4.40. The number of hydrogen-bond donors (Lipinski definition) is 1. The van der Waals surface area contributed by atoms with Crippen LogP contribution in [0.25, 0.3) is 0 Å². The van der Waals surface area contributed by atoms with Crippen molar-refractivity contribution in [3.8, 4) is 0 Å². The van der Waals surface area contributed by atoms with E-state index in [9.17, 15) is 9.59 Å². The third-order valence-electron chi connectivity index (χ3n) is 0.998. The van der Waals surface area contributed by atoms with Gasteiger partial charge >= 0.3 is 0 Å². The fraction of sp³-hybridized carbons (Fsp3) is 0.500. The maximum atomic E-state index is 10.6. The van der Waals surface area contributed by atoms with Gasteiger partial charge in [-0.3, -0.25) is 9.59 Å². The number of hydrogen-bond acceptors (Lipinski definition) is 4. The number of amides is 2. The zero-order chi connectivity index (χ0) is 6.85. The van der Waals surface area contributed by atoms with Crippen molar-refractivity contribution in [2.45, 2.75) is 11.7 Å². The van der Waals surface area contributed by atoms with Gasteiger partial charge in [0.1, 0.15) is 5.25 Å². The molecule has 0 bridgehead atoms. The minimum Gasteiger partial charge on any atom is -0.272 e. The Hall–Kier alpha value is -0.160. The Bertz CT molecular complexity index is 159. The Labute approximate surface area is 61.4 Å². The molecule has 0 aromatic rings. The second-order valence-electron chi connectivity index (χ2n) is 1.64. The molecule has 0 N–H and O–H groups in total. The van der Waals surface area contributed by atoms with Crippen molar-refractivity contribution in [2.24, 2.45) is 0 Å². The molecule has 0 spiro atoms. The summed E-state index contributed by atoms with van der Waals surface area (Å²) in [5.74, 6) is -0.674. The van der Waals surface area contributed by atoms with Crippen LogP contribution in [0.3, 0.4) is 0 Å². The maximum Gasteiger partial charge on any atom is 0.263 e. The van der Waals surface area contributed by atoms with Crippen LogP contribution in [0.15, 0.2) is 0 Å². The fourth-order valence-electron chi connectivity index (χ4n) is 0.569. The van der Waals surface area contributed by atoms with Gasteiger partial charge in [-0.1, -0.05) is 10.8 Å². The molecule has 1 atom stereocenters. The largest absolute Gasteiger partial charge is 0.272 e. The van der Waals surface area contributed by atoms with E-state index in [0.717, 1.165) is 10.8 Å². The van der Waals surface area contributed by atoms with Crippen LogP contribution in [0.2, 0.25) is 0 Å². The Morgan fingerprint density at radius 1 is 1.67 bits per heavy atom. The molecule has 1 heterocycles. The van der Waals surface area contributed by atoms with Crippen LogP contribution < -0.4 is 5.32 Å². The molecule has 1 aliphatic heterocycles. The van der Waals surface area contributed by atoms with Gasteiger partial charge in [0.25, 0.3) is 11.8 Å². The summed E-state index contributed by atoms with van der Waals surface area (Å²) in [6.45, 7) is 0. The smallest absolute Gasteiger partial charge is 0.263 e. The van der Waals surface area contributed by atoms with Crippen molar-refractivity contribution >= 4 is 34.3 Å². The lowest BCUT2D eigenvalue weighted by molar-refractivity contribution is -0.125. The Kier molecular flexibility index (Phi) is 2.02. The predicted molar refractivity (Wildman–Crippen MR) is 37.1 cm³/mol. The lowest BCUT2D eigenvalue weighted by atomic mass is 10.4. The van der Waals surface area contributed by atoms with Gasteiger partial charge in [-0.05, 0) is 0 Å². The van der Waals surface area contributed by atoms with E-state index >= 15 is 0 Å². The van der Waals surface area contributed by atoms with Crippen LogP contribution in [0.4, 0.5) is 0 Å². The van der Waals surface area contributed by atoms with Gasteiger partial charge < -0.3 is 0 Å². The standard InChI is InChI=1S/C4H4NO2S2/c6-3-1-2(9-8)4(7)5-3/h2,8H,1H2. The molecule has 1 rings (SSSR count). The van der Waals surface area contributed by atoms with Gasteiger partial charge in [-0.2, -0.15) is 5.32 Å². The SMILES string of the molecule is O=C1CC(SS)C(=O)[N]1. The third-order valence-corrected chi connectivity index (χ3v) is 2.38. The van der Waals surface area contributed by atoms with Crippen LogP contribution in [0, 0.1) is 0 Å². The van der Waals surface area contributed by atoms with Crippen molar-refractivity contribution < 1.29 is 9.59 Å². The molecule has 49 valence electrons. The van der Waals surface area contributed by atoms with Gasteiger partial charge in [0.15, 0.2) is 0 Å². The molecule has 1 saturated heterocycles. The number of carbonyl (C=O) groups excluding carboxylic acids is 2. The highest BCUT2D eigenvalue weighted by atomic mass is 33.1. The molecular weight excluding hydrogens is 158 g/mol. The first-order valence-electron chi connectivity index (χ1n) is 2.32. The molecule has 1 unspecified atom stereocenters. The molecular formula is C4H4NO2S2. The van der Waals surface area contributed by atoms with Crippen LogP contribution in [0.5, 0.6) is 0 Å². The van der Waals surface area contributed by atoms with Crippen LogP contribution in [0.1, 0.15) is 6.42 Å². The molecule has 2 amide bonds. The van der Waals surface area contributed by atoms with Crippen molar-refractivity contribution in [3.63, 3.8) is 0 Å². The highest BCUT2D eigenvalue weighted by Gasteiger charge is 2.31. The average molecular weight is 162 g/mol. The quantitative estimate of drug-likeness (QED) is 0.335. The number of imide groups is 1. The van der Waals surface area contributed by atoms with E-state index in [4.69, 9.17) is 0 Å². The topological polar surface area (TPSA) is 48.2 Å². The van der Waals surface area contributed by atoms with E-state index in [1.54, 1.807) is 0 Å². The van der Waals surface area contributed by atoms with E-state index in [1.807, 2.05) is 0 Å². The lowest BCUT2D eigenvalue weighted by Gasteiger charge is -1.93. The van der Waals surface area contributed by atoms with Crippen molar-refractivity contribution in [1.82, 2.24) is 5.32 Å². The summed E-state index contributed by atoms with van der Waals surface area (Å²) in [5.41, 5.74) is 0. The lowest BCUT2D eigenvalue weighted by Crippen LogP contribution is -2.14. The normalized spacial score (nSPS) is 26.6. The second-order valence-corrected chi connectivity index (χ2v) is 3.05. The minimum atomic E-state index is -0.347. The Morgan fingerprint density at radius 2 is 2.33 bits per heavy atom. The first-order chi connectivity index (χ1) is 4.24. The van der Waals surface area contributed by atoms with Crippen LogP contribution in [-0.4, -0.2) is 17.1 Å². The van der Waals surface area contributed by atoms with E-state index in [0.29, 0.717) is 0 Å². The number of nitrogens with zero attached hydrogens (tertiary/aromatic N) is 1. The second kappa shape index (κ2) is 2.62. The molecule has 3 nitrogen and oxygen atoms in total. The molecule has 0 aromatic carbocycles. The van der Waals surface area contributed by atoms with E-state index in [-0.39, 0.29) is 23.5 Å². The highest BCUT2D eigenvalue weighted by Crippen LogP contribution is 2.22. The van der Waals surface area contributed by atoms with E-state index < -0.39 is 0 Å². The molecule has 9 heavy (non-hydrogen) atoms. The molecule has 0 saturated carbocycles. The average Bonchev–Trinajstić information content (AvgIpc) is 2.10.